The molecular weight excluding hydrogens is 236 g/mol. The van der Waals surface area contributed by atoms with Crippen LogP contribution in [0, 0.1) is 21.4 Å². The minimum Gasteiger partial charge on any atom is -0.477 e. The van der Waals surface area contributed by atoms with Gasteiger partial charge in [-0.3, -0.25) is 10.1 Å². The Morgan fingerprint density at radius 1 is 1.39 bits per heavy atom. The Morgan fingerprint density at radius 2 is 2.00 bits per heavy atom. The minimum absolute atomic E-state index is 0.0223. The Morgan fingerprint density at radius 3 is 2.44 bits per heavy atom. The van der Waals surface area contributed by atoms with Crippen LogP contribution in [0.5, 0.6) is 0 Å². The van der Waals surface area contributed by atoms with E-state index < -0.39 is 10.9 Å². The lowest BCUT2D eigenvalue weighted by Crippen LogP contribution is -1.96. The van der Waals surface area contributed by atoms with Crippen molar-refractivity contribution in [2.24, 2.45) is 0 Å². The number of nitriles is 1. The van der Waals surface area contributed by atoms with E-state index >= 15 is 0 Å². The number of nitrogens with zero attached hydrogens (tertiary/aromatic N) is 2. The molecule has 0 bridgehead atoms. The van der Waals surface area contributed by atoms with Crippen molar-refractivity contribution >= 4 is 17.7 Å². The van der Waals surface area contributed by atoms with Gasteiger partial charge in [0.1, 0.15) is 11.6 Å². The van der Waals surface area contributed by atoms with Crippen molar-refractivity contribution in [2.45, 2.75) is 0 Å². The molecule has 0 aliphatic rings. The number of hydrogen-bond acceptors (Lipinski definition) is 4. The third-order valence-corrected chi connectivity index (χ3v) is 2.01. The summed E-state index contributed by atoms with van der Waals surface area (Å²) in [5.74, 6) is -1.30. The van der Waals surface area contributed by atoms with Crippen LogP contribution in [0.4, 0.5) is 5.69 Å². The zero-order valence-electron chi connectivity index (χ0n) is 9.11. The van der Waals surface area contributed by atoms with Gasteiger partial charge in [0.25, 0.3) is 5.69 Å². The van der Waals surface area contributed by atoms with Gasteiger partial charge in [-0.2, -0.15) is 5.26 Å². The lowest BCUT2D eigenvalue weighted by Gasteiger charge is -1.92. The summed E-state index contributed by atoms with van der Waals surface area (Å²) in [6.07, 6.45) is 4.10. The largest absolute Gasteiger partial charge is 0.477 e. The van der Waals surface area contributed by atoms with E-state index in [2.05, 4.69) is 0 Å². The molecular formula is C12H8N2O4. The normalized spacial score (nSPS) is 11.2. The van der Waals surface area contributed by atoms with Gasteiger partial charge in [-0.1, -0.05) is 12.2 Å². The van der Waals surface area contributed by atoms with Gasteiger partial charge < -0.3 is 5.11 Å². The molecule has 0 atom stereocenters. The molecule has 0 saturated heterocycles. The molecule has 0 aliphatic carbocycles. The summed E-state index contributed by atoms with van der Waals surface area (Å²) < 4.78 is 0. The smallest absolute Gasteiger partial charge is 0.346 e. The van der Waals surface area contributed by atoms with Gasteiger partial charge in [0.15, 0.2) is 0 Å². The maximum Gasteiger partial charge on any atom is 0.346 e. The first-order valence-electron chi connectivity index (χ1n) is 4.81. The highest BCUT2D eigenvalue weighted by molar-refractivity contribution is 5.91. The molecule has 1 rings (SSSR count). The van der Waals surface area contributed by atoms with Gasteiger partial charge in [-0.25, -0.2) is 4.79 Å². The number of hydrogen-bond donors (Lipinski definition) is 1. The third kappa shape index (κ3) is 3.57. The first-order chi connectivity index (χ1) is 8.54. The predicted octanol–water partition coefficient (Wildman–Crippen LogP) is 2.14. The van der Waals surface area contributed by atoms with Gasteiger partial charge in [0, 0.05) is 12.1 Å². The average Bonchev–Trinajstić information content (AvgIpc) is 2.34. The van der Waals surface area contributed by atoms with E-state index in [0.29, 0.717) is 5.56 Å². The molecule has 0 aliphatic heterocycles. The highest BCUT2D eigenvalue weighted by Gasteiger charge is 2.03. The summed E-state index contributed by atoms with van der Waals surface area (Å²) in [7, 11) is 0. The van der Waals surface area contributed by atoms with Crippen LogP contribution in [0.25, 0.3) is 6.08 Å². The van der Waals surface area contributed by atoms with E-state index in [1.54, 1.807) is 6.08 Å². The number of non-ortho nitro benzene ring substituents is 1. The maximum atomic E-state index is 10.5. The lowest BCUT2D eigenvalue weighted by molar-refractivity contribution is -0.384. The van der Waals surface area contributed by atoms with Crippen LogP contribution >= 0.6 is 0 Å². The number of carboxylic acid groups (broad SMARTS) is 1. The van der Waals surface area contributed by atoms with E-state index in [-0.39, 0.29) is 11.3 Å². The van der Waals surface area contributed by atoms with Gasteiger partial charge >= 0.3 is 5.97 Å². The fourth-order valence-electron chi connectivity index (χ4n) is 1.12. The molecule has 0 saturated carbocycles. The van der Waals surface area contributed by atoms with Crippen LogP contribution in [0.2, 0.25) is 0 Å². The minimum atomic E-state index is -1.30. The number of allylic oxidation sites excluding steroid dienone is 2. The zero-order valence-corrected chi connectivity index (χ0v) is 9.11. The lowest BCUT2D eigenvalue weighted by atomic mass is 10.2. The van der Waals surface area contributed by atoms with E-state index in [9.17, 15) is 14.9 Å². The highest BCUT2D eigenvalue weighted by Crippen LogP contribution is 2.12. The number of aliphatic carboxylic acids is 1. The molecule has 6 heteroatoms. The second-order valence-electron chi connectivity index (χ2n) is 3.21. The van der Waals surface area contributed by atoms with E-state index in [1.165, 1.54) is 36.4 Å². The van der Waals surface area contributed by atoms with Crippen molar-refractivity contribution in [1.82, 2.24) is 0 Å². The molecule has 0 fully saturated rings. The standard InChI is InChI=1S/C12H8N2O4/c13-8-10(12(15)16)3-1-2-9-4-6-11(7-5-9)14(17)18/h1-7H,(H,15,16). The summed E-state index contributed by atoms with van der Waals surface area (Å²) >= 11 is 0. The van der Waals surface area contributed by atoms with Crippen LogP contribution in [0.15, 0.2) is 42.0 Å². The number of carboxylic acids is 1. The van der Waals surface area contributed by atoms with Gasteiger partial charge in [0.05, 0.1) is 4.92 Å². The third-order valence-electron chi connectivity index (χ3n) is 2.01. The molecule has 0 aromatic heterocycles. The maximum absolute atomic E-state index is 10.5. The molecule has 0 spiro atoms. The van der Waals surface area contributed by atoms with Crippen molar-refractivity contribution < 1.29 is 14.8 Å². The highest BCUT2D eigenvalue weighted by atomic mass is 16.6. The van der Waals surface area contributed by atoms with Crippen LogP contribution in [0.3, 0.4) is 0 Å². The Labute approximate surface area is 102 Å². The van der Waals surface area contributed by atoms with E-state index in [4.69, 9.17) is 10.4 Å². The zero-order chi connectivity index (χ0) is 13.5. The molecule has 18 heavy (non-hydrogen) atoms. The molecule has 90 valence electrons. The van der Waals surface area contributed by atoms with E-state index in [0.717, 1.165) is 6.08 Å². The van der Waals surface area contributed by atoms with Crippen molar-refractivity contribution in [2.75, 3.05) is 0 Å². The molecule has 0 heterocycles. The Hall–Kier alpha value is -2.94. The Balaban J connectivity index is 2.83. The van der Waals surface area contributed by atoms with Gasteiger partial charge in [-0.05, 0) is 23.8 Å². The molecule has 0 radical (unpaired) electrons. The second kappa shape index (κ2) is 5.96. The monoisotopic (exact) mass is 244 g/mol. The molecule has 1 aromatic rings. The van der Waals surface area contributed by atoms with Crippen LogP contribution in [0.1, 0.15) is 5.56 Å². The van der Waals surface area contributed by atoms with Crippen LogP contribution < -0.4 is 0 Å². The van der Waals surface area contributed by atoms with Crippen molar-refractivity contribution in [3.8, 4) is 6.07 Å². The quantitative estimate of drug-likeness (QED) is 0.287. The molecule has 0 unspecified atom stereocenters. The number of nitro groups is 1. The van der Waals surface area contributed by atoms with Crippen molar-refractivity contribution in [3.05, 3.63) is 57.7 Å². The van der Waals surface area contributed by atoms with Crippen molar-refractivity contribution in [1.29, 1.82) is 5.26 Å². The summed E-state index contributed by atoms with van der Waals surface area (Å²) in [6, 6.07) is 7.26. The number of rotatable bonds is 4. The van der Waals surface area contributed by atoms with Gasteiger partial charge in [0.2, 0.25) is 0 Å². The van der Waals surface area contributed by atoms with Gasteiger partial charge in [-0.15, -0.1) is 0 Å². The summed E-state index contributed by atoms with van der Waals surface area (Å²) in [5, 5.41) is 27.5. The Bertz CT molecular complexity index is 565. The van der Waals surface area contributed by atoms with Crippen LogP contribution in [-0.4, -0.2) is 16.0 Å². The molecule has 6 nitrogen and oxygen atoms in total. The Kier molecular flexibility index (Phi) is 4.35. The van der Waals surface area contributed by atoms with Crippen LogP contribution in [-0.2, 0) is 4.79 Å². The fourth-order valence-corrected chi connectivity index (χ4v) is 1.12. The SMILES string of the molecule is N#CC(=CC=Cc1ccc([N+](=O)[O-])cc1)C(=O)O. The number of benzene rings is 1. The van der Waals surface area contributed by atoms with Crippen molar-refractivity contribution in [3.63, 3.8) is 0 Å². The molecule has 0 amide bonds. The summed E-state index contributed by atoms with van der Waals surface area (Å²) in [5.41, 5.74) is 0.263. The second-order valence-corrected chi connectivity index (χ2v) is 3.21. The first kappa shape index (κ1) is 13.1. The summed E-state index contributed by atoms with van der Waals surface area (Å²) in [4.78, 5) is 20.4. The van der Waals surface area contributed by atoms with E-state index in [1.807, 2.05) is 0 Å². The summed E-state index contributed by atoms with van der Waals surface area (Å²) in [6.45, 7) is 0. The number of carbonyl (C=O) groups is 1. The first-order valence-corrected chi connectivity index (χ1v) is 4.81. The predicted molar refractivity (Wildman–Crippen MR) is 63.5 cm³/mol. The molecule has 1 aromatic carbocycles. The molecule has 1 N–H and O–H groups in total. The average molecular weight is 244 g/mol. The number of nitro benzene ring substituents is 1. The topological polar surface area (TPSA) is 104 Å². The fraction of sp³-hybridized carbons (Fsp3) is 0.